The van der Waals surface area contributed by atoms with Crippen molar-refractivity contribution in [3.8, 4) is 5.75 Å². The normalized spacial score (nSPS) is 18.0. The summed E-state index contributed by atoms with van der Waals surface area (Å²) in [4.78, 5) is 40.9. The Labute approximate surface area is 196 Å². The zero-order valence-electron chi connectivity index (χ0n) is 20.0. The summed E-state index contributed by atoms with van der Waals surface area (Å²) in [6.07, 6.45) is 2.84. The molecule has 0 radical (unpaired) electrons. The van der Waals surface area contributed by atoms with Gasteiger partial charge in [-0.05, 0) is 58.6 Å². The number of amides is 3. The highest BCUT2D eigenvalue weighted by molar-refractivity contribution is 5.80. The highest BCUT2D eigenvalue weighted by atomic mass is 16.6. The molecule has 2 fully saturated rings. The summed E-state index contributed by atoms with van der Waals surface area (Å²) in [5, 5.41) is 3.15. The fourth-order valence-corrected chi connectivity index (χ4v) is 4.17. The third-order valence-electron chi connectivity index (χ3n) is 6.04. The Balaban J connectivity index is 1.32. The van der Waals surface area contributed by atoms with E-state index in [4.69, 9.17) is 9.47 Å². The minimum atomic E-state index is -0.507. The molecule has 33 heavy (non-hydrogen) atoms. The Morgan fingerprint density at radius 3 is 2.15 bits per heavy atom. The van der Waals surface area contributed by atoms with Gasteiger partial charge in [0.05, 0.1) is 13.0 Å². The van der Waals surface area contributed by atoms with Gasteiger partial charge in [0.15, 0.2) is 0 Å². The summed E-state index contributed by atoms with van der Waals surface area (Å²) in [6.45, 7) is 8.28. The minimum absolute atomic E-state index is 0.0604. The molecule has 3 amide bonds. The number of para-hydroxylation sites is 1. The van der Waals surface area contributed by atoms with Crippen LogP contribution in [-0.4, -0.2) is 72.1 Å². The minimum Gasteiger partial charge on any atom is -0.493 e. The number of ether oxygens (including phenoxy) is 2. The number of carbonyl (C=O) groups is 3. The standard InChI is InChI=1S/C25H37N3O5/c1-25(2,3)33-24(31)28-16-11-20(12-17-28)26-23(30)19-9-14-27(15-10-19)22(29)13-18-32-21-7-5-4-6-8-21/h4-8,19-20H,9-18H2,1-3H3,(H,26,30). The van der Waals surface area contributed by atoms with Gasteiger partial charge in [-0.25, -0.2) is 4.79 Å². The van der Waals surface area contributed by atoms with Gasteiger partial charge in [-0.15, -0.1) is 0 Å². The topological polar surface area (TPSA) is 88.2 Å². The Kier molecular flexibility index (Phi) is 8.58. The Morgan fingerprint density at radius 2 is 1.55 bits per heavy atom. The van der Waals surface area contributed by atoms with E-state index in [1.54, 1.807) is 4.90 Å². The molecule has 3 rings (SSSR count). The average molecular weight is 460 g/mol. The van der Waals surface area contributed by atoms with E-state index in [0.29, 0.717) is 52.0 Å². The van der Waals surface area contributed by atoms with Crippen molar-refractivity contribution in [2.75, 3.05) is 32.8 Å². The van der Waals surface area contributed by atoms with E-state index in [0.717, 1.165) is 18.6 Å². The molecule has 2 saturated heterocycles. The van der Waals surface area contributed by atoms with Crippen molar-refractivity contribution in [3.05, 3.63) is 30.3 Å². The van der Waals surface area contributed by atoms with Gasteiger partial charge in [0.25, 0.3) is 0 Å². The maximum absolute atomic E-state index is 12.7. The fourth-order valence-electron chi connectivity index (χ4n) is 4.17. The largest absolute Gasteiger partial charge is 0.493 e. The summed E-state index contributed by atoms with van der Waals surface area (Å²) in [5.41, 5.74) is -0.507. The maximum Gasteiger partial charge on any atom is 0.410 e. The van der Waals surface area contributed by atoms with Gasteiger partial charge in [-0.3, -0.25) is 9.59 Å². The van der Waals surface area contributed by atoms with Gasteiger partial charge in [0, 0.05) is 38.1 Å². The van der Waals surface area contributed by atoms with Crippen LogP contribution in [0.25, 0.3) is 0 Å². The summed E-state index contributed by atoms with van der Waals surface area (Å²) in [6, 6.07) is 9.54. The number of hydrogen-bond donors (Lipinski definition) is 1. The molecule has 1 N–H and O–H groups in total. The monoisotopic (exact) mass is 459 g/mol. The number of nitrogens with one attached hydrogen (secondary N) is 1. The molecule has 0 unspecified atom stereocenters. The molecular formula is C25H37N3O5. The van der Waals surface area contributed by atoms with Crippen LogP contribution < -0.4 is 10.1 Å². The molecule has 0 aliphatic carbocycles. The molecule has 0 aromatic heterocycles. The second kappa shape index (κ2) is 11.4. The molecule has 1 aromatic rings. The van der Waals surface area contributed by atoms with Crippen molar-refractivity contribution in [2.45, 2.75) is 64.5 Å². The molecule has 0 saturated carbocycles. The summed E-state index contributed by atoms with van der Waals surface area (Å²) in [5.74, 6) is 0.820. The van der Waals surface area contributed by atoms with E-state index in [1.807, 2.05) is 56.0 Å². The quantitative estimate of drug-likeness (QED) is 0.706. The predicted octanol–water partition coefficient (Wildman–Crippen LogP) is 3.21. The van der Waals surface area contributed by atoms with Crippen LogP contribution in [0, 0.1) is 5.92 Å². The fraction of sp³-hybridized carbons (Fsp3) is 0.640. The number of likely N-dealkylation sites (tertiary alicyclic amines) is 2. The van der Waals surface area contributed by atoms with Gasteiger partial charge in [-0.1, -0.05) is 18.2 Å². The Morgan fingerprint density at radius 1 is 0.939 bits per heavy atom. The Hall–Kier alpha value is -2.77. The van der Waals surface area contributed by atoms with E-state index in [1.165, 1.54) is 0 Å². The van der Waals surface area contributed by atoms with Gasteiger partial charge in [0.2, 0.25) is 11.8 Å². The molecule has 182 valence electrons. The van der Waals surface area contributed by atoms with E-state index < -0.39 is 5.60 Å². The van der Waals surface area contributed by atoms with Crippen molar-refractivity contribution in [2.24, 2.45) is 5.92 Å². The lowest BCUT2D eigenvalue weighted by atomic mass is 9.94. The van der Waals surface area contributed by atoms with Gasteiger partial charge >= 0.3 is 6.09 Å². The van der Waals surface area contributed by atoms with E-state index >= 15 is 0 Å². The first-order chi connectivity index (χ1) is 15.7. The van der Waals surface area contributed by atoms with Crippen LogP contribution in [0.3, 0.4) is 0 Å². The summed E-state index contributed by atoms with van der Waals surface area (Å²) in [7, 11) is 0. The second-order valence-electron chi connectivity index (χ2n) is 9.82. The van der Waals surface area contributed by atoms with Crippen molar-refractivity contribution >= 4 is 17.9 Å². The zero-order chi connectivity index (χ0) is 23.8. The van der Waals surface area contributed by atoms with Crippen LogP contribution in [0.5, 0.6) is 5.75 Å². The Bertz CT molecular complexity index is 792. The molecule has 8 nitrogen and oxygen atoms in total. The zero-order valence-corrected chi connectivity index (χ0v) is 20.0. The van der Waals surface area contributed by atoms with Gasteiger partial charge < -0.3 is 24.6 Å². The van der Waals surface area contributed by atoms with E-state index in [9.17, 15) is 14.4 Å². The number of rotatable bonds is 6. The van der Waals surface area contributed by atoms with Crippen LogP contribution in [0.2, 0.25) is 0 Å². The average Bonchev–Trinajstić information content (AvgIpc) is 2.79. The van der Waals surface area contributed by atoms with E-state index in [-0.39, 0.29) is 29.9 Å². The van der Waals surface area contributed by atoms with Crippen LogP contribution in [0.1, 0.15) is 52.9 Å². The number of carbonyl (C=O) groups excluding carboxylic acids is 3. The smallest absolute Gasteiger partial charge is 0.410 e. The van der Waals surface area contributed by atoms with Crippen molar-refractivity contribution in [1.29, 1.82) is 0 Å². The molecule has 8 heteroatoms. The molecule has 1 aromatic carbocycles. The summed E-state index contributed by atoms with van der Waals surface area (Å²) >= 11 is 0. The third kappa shape index (κ3) is 7.94. The number of hydrogen-bond acceptors (Lipinski definition) is 5. The molecule has 0 bridgehead atoms. The third-order valence-corrected chi connectivity index (χ3v) is 6.04. The molecule has 2 heterocycles. The van der Waals surface area contributed by atoms with E-state index in [2.05, 4.69) is 5.32 Å². The lowest BCUT2D eigenvalue weighted by Gasteiger charge is -2.35. The SMILES string of the molecule is CC(C)(C)OC(=O)N1CCC(NC(=O)C2CCN(C(=O)CCOc3ccccc3)CC2)CC1. The predicted molar refractivity (Wildman–Crippen MR) is 125 cm³/mol. The number of piperidine rings is 2. The van der Waals surface area contributed by atoms with Crippen LogP contribution in [-0.2, 0) is 14.3 Å². The molecule has 2 aliphatic heterocycles. The second-order valence-corrected chi connectivity index (χ2v) is 9.82. The molecule has 2 aliphatic rings. The first-order valence-corrected chi connectivity index (χ1v) is 12.0. The lowest BCUT2D eigenvalue weighted by Crippen LogP contribution is -2.50. The first-order valence-electron chi connectivity index (χ1n) is 12.0. The van der Waals surface area contributed by atoms with Crippen molar-refractivity contribution < 1.29 is 23.9 Å². The lowest BCUT2D eigenvalue weighted by molar-refractivity contribution is -0.136. The van der Waals surface area contributed by atoms with Gasteiger partial charge in [-0.2, -0.15) is 0 Å². The molecular weight excluding hydrogens is 422 g/mol. The van der Waals surface area contributed by atoms with Gasteiger partial charge in [0.1, 0.15) is 11.4 Å². The van der Waals surface area contributed by atoms with Crippen LogP contribution >= 0.6 is 0 Å². The maximum atomic E-state index is 12.7. The summed E-state index contributed by atoms with van der Waals surface area (Å²) < 4.78 is 11.0. The first kappa shape index (κ1) is 24.9. The number of benzene rings is 1. The number of nitrogens with zero attached hydrogens (tertiary/aromatic N) is 2. The van der Waals surface area contributed by atoms with Crippen LogP contribution in [0.4, 0.5) is 4.79 Å². The van der Waals surface area contributed by atoms with Crippen molar-refractivity contribution in [1.82, 2.24) is 15.1 Å². The highest BCUT2D eigenvalue weighted by Gasteiger charge is 2.31. The van der Waals surface area contributed by atoms with Crippen LogP contribution in [0.15, 0.2) is 30.3 Å². The molecule has 0 spiro atoms. The molecule has 0 atom stereocenters. The van der Waals surface area contributed by atoms with Crippen molar-refractivity contribution in [3.63, 3.8) is 0 Å². The highest BCUT2D eigenvalue weighted by Crippen LogP contribution is 2.20.